The Labute approximate surface area is 181 Å². The fourth-order valence-corrected chi connectivity index (χ4v) is 5.06. The molecule has 4 heterocycles. The standard InChI is InChI=1S/C21H20N4O3S2/c1-12-7-22-15(13(2)19(12)28-3)8-23-17(26)9-25-11-24-20-18(21(25)27)14(10-30-20)16-5-4-6-29-16/h4-7,10-11H,8-9H2,1-3H3,(H,23,26). The number of methoxy groups -OCH3 is 1. The lowest BCUT2D eigenvalue weighted by atomic mass is 10.1. The highest BCUT2D eigenvalue weighted by Gasteiger charge is 2.16. The molecule has 0 aromatic carbocycles. The molecule has 4 aromatic rings. The van der Waals surface area contributed by atoms with Crippen LogP contribution in [0, 0.1) is 13.8 Å². The van der Waals surface area contributed by atoms with Crippen molar-refractivity contribution in [1.29, 1.82) is 0 Å². The number of aromatic nitrogens is 3. The Morgan fingerprint density at radius 3 is 2.83 bits per heavy atom. The van der Waals surface area contributed by atoms with Gasteiger partial charge in [0, 0.05) is 33.1 Å². The molecule has 0 atom stereocenters. The molecule has 0 aliphatic rings. The molecular formula is C21H20N4O3S2. The second-order valence-corrected chi connectivity index (χ2v) is 8.61. The minimum Gasteiger partial charge on any atom is -0.496 e. The van der Waals surface area contributed by atoms with E-state index in [1.165, 1.54) is 22.2 Å². The van der Waals surface area contributed by atoms with Crippen LogP contribution in [-0.4, -0.2) is 27.6 Å². The van der Waals surface area contributed by atoms with Crippen molar-refractivity contribution in [2.24, 2.45) is 0 Å². The normalized spacial score (nSPS) is 11.0. The van der Waals surface area contributed by atoms with Gasteiger partial charge in [0.1, 0.15) is 17.1 Å². The van der Waals surface area contributed by atoms with Gasteiger partial charge in [-0.3, -0.25) is 19.1 Å². The largest absolute Gasteiger partial charge is 0.496 e. The number of ether oxygens (including phenoxy) is 1. The maximum absolute atomic E-state index is 13.0. The Morgan fingerprint density at radius 1 is 1.27 bits per heavy atom. The zero-order chi connectivity index (χ0) is 21.3. The maximum Gasteiger partial charge on any atom is 0.263 e. The Bertz CT molecular complexity index is 1280. The summed E-state index contributed by atoms with van der Waals surface area (Å²) in [5.41, 5.74) is 3.20. The highest BCUT2D eigenvalue weighted by atomic mass is 32.1. The van der Waals surface area contributed by atoms with Crippen LogP contribution in [0.2, 0.25) is 0 Å². The number of amides is 1. The maximum atomic E-state index is 13.0. The third-order valence-electron chi connectivity index (χ3n) is 4.86. The summed E-state index contributed by atoms with van der Waals surface area (Å²) in [5.74, 6) is 0.477. The van der Waals surface area contributed by atoms with E-state index >= 15 is 0 Å². The van der Waals surface area contributed by atoms with E-state index in [4.69, 9.17) is 4.74 Å². The number of rotatable bonds is 6. The SMILES string of the molecule is COc1c(C)cnc(CNC(=O)Cn2cnc3scc(-c4cccs4)c3c2=O)c1C. The van der Waals surface area contributed by atoms with Crippen molar-refractivity contribution in [2.75, 3.05) is 7.11 Å². The van der Waals surface area contributed by atoms with Crippen LogP contribution in [-0.2, 0) is 17.9 Å². The molecule has 0 saturated carbocycles. The highest BCUT2D eigenvalue weighted by molar-refractivity contribution is 7.18. The second kappa shape index (κ2) is 8.37. The number of aryl methyl sites for hydroxylation is 1. The highest BCUT2D eigenvalue weighted by Crippen LogP contribution is 2.33. The van der Waals surface area contributed by atoms with Gasteiger partial charge >= 0.3 is 0 Å². The van der Waals surface area contributed by atoms with Crippen LogP contribution >= 0.6 is 22.7 Å². The van der Waals surface area contributed by atoms with E-state index < -0.39 is 0 Å². The van der Waals surface area contributed by atoms with Crippen LogP contribution in [0.5, 0.6) is 5.75 Å². The molecule has 154 valence electrons. The lowest BCUT2D eigenvalue weighted by Gasteiger charge is -2.13. The van der Waals surface area contributed by atoms with E-state index in [0.717, 1.165) is 33.0 Å². The fraction of sp³-hybridized carbons (Fsp3) is 0.238. The minimum atomic E-state index is -0.285. The molecule has 1 N–H and O–H groups in total. The molecular weight excluding hydrogens is 420 g/mol. The number of fused-ring (bicyclic) bond motifs is 1. The van der Waals surface area contributed by atoms with Gasteiger partial charge in [0.25, 0.3) is 5.56 Å². The quantitative estimate of drug-likeness (QED) is 0.496. The van der Waals surface area contributed by atoms with Gasteiger partial charge in [0.2, 0.25) is 5.91 Å². The van der Waals surface area contributed by atoms with E-state index in [0.29, 0.717) is 10.2 Å². The van der Waals surface area contributed by atoms with Gasteiger partial charge in [-0.05, 0) is 25.3 Å². The van der Waals surface area contributed by atoms with Crippen molar-refractivity contribution in [3.05, 3.63) is 62.6 Å². The van der Waals surface area contributed by atoms with Gasteiger partial charge < -0.3 is 10.1 Å². The van der Waals surface area contributed by atoms with Crippen LogP contribution in [0.1, 0.15) is 16.8 Å². The van der Waals surface area contributed by atoms with Crippen molar-refractivity contribution >= 4 is 38.8 Å². The Balaban J connectivity index is 1.53. The molecule has 0 unspecified atom stereocenters. The van der Waals surface area contributed by atoms with Gasteiger partial charge in [-0.1, -0.05) is 6.07 Å². The molecule has 0 fully saturated rings. The number of carbonyl (C=O) groups excluding carboxylic acids is 1. The second-order valence-electron chi connectivity index (χ2n) is 6.81. The van der Waals surface area contributed by atoms with E-state index in [-0.39, 0.29) is 24.6 Å². The number of thiophene rings is 2. The summed E-state index contributed by atoms with van der Waals surface area (Å²) in [5, 5.41) is 7.29. The lowest BCUT2D eigenvalue weighted by Crippen LogP contribution is -2.32. The van der Waals surface area contributed by atoms with Crippen LogP contribution in [0.15, 0.2) is 40.2 Å². The van der Waals surface area contributed by atoms with Crippen LogP contribution in [0.3, 0.4) is 0 Å². The molecule has 0 spiro atoms. The number of nitrogens with one attached hydrogen (secondary N) is 1. The molecule has 0 radical (unpaired) electrons. The first kappa shape index (κ1) is 20.2. The Kier molecular flexibility index (Phi) is 5.65. The van der Waals surface area contributed by atoms with Gasteiger partial charge in [0.05, 0.1) is 31.1 Å². The lowest BCUT2D eigenvalue weighted by molar-refractivity contribution is -0.121. The molecule has 0 bridgehead atoms. The van der Waals surface area contributed by atoms with Crippen molar-refractivity contribution < 1.29 is 9.53 Å². The summed E-state index contributed by atoms with van der Waals surface area (Å²) in [7, 11) is 1.61. The van der Waals surface area contributed by atoms with Gasteiger partial charge in [-0.25, -0.2) is 4.98 Å². The third-order valence-corrected chi connectivity index (χ3v) is 6.65. The van der Waals surface area contributed by atoms with Crippen molar-refractivity contribution in [3.8, 4) is 16.2 Å². The average molecular weight is 441 g/mol. The summed E-state index contributed by atoms with van der Waals surface area (Å²) in [4.78, 5) is 36.0. The van der Waals surface area contributed by atoms with Crippen LogP contribution in [0.25, 0.3) is 20.7 Å². The predicted molar refractivity (Wildman–Crippen MR) is 119 cm³/mol. The van der Waals surface area contributed by atoms with E-state index in [1.54, 1.807) is 24.6 Å². The van der Waals surface area contributed by atoms with Crippen molar-refractivity contribution in [3.63, 3.8) is 0 Å². The molecule has 7 nitrogen and oxygen atoms in total. The zero-order valence-corrected chi connectivity index (χ0v) is 18.4. The van der Waals surface area contributed by atoms with Crippen molar-refractivity contribution in [2.45, 2.75) is 26.9 Å². The van der Waals surface area contributed by atoms with Gasteiger partial charge in [0.15, 0.2) is 0 Å². The average Bonchev–Trinajstić information content (AvgIpc) is 3.39. The number of nitrogens with zero attached hydrogens (tertiary/aromatic N) is 3. The summed E-state index contributed by atoms with van der Waals surface area (Å²) >= 11 is 3.00. The first-order chi connectivity index (χ1) is 14.5. The molecule has 0 aliphatic carbocycles. The third kappa shape index (κ3) is 3.73. The topological polar surface area (TPSA) is 86.1 Å². The minimum absolute atomic E-state index is 0.108. The molecule has 9 heteroatoms. The number of hydrogen-bond donors (Lipinski definition) is 1. The van der Waals surface area contributed by atoms with Crippen LogP contribution in [0.4, 0.5) is 0 Å². The van der Waals surface area contributed by atoms with Crippen LogP contribution < -0.4 is 15.6 Å². The zero-order valence-electron chi connectivity index (χ0n) is 16.8. The van der Waals surface area contributed by atoms with E-state index in [1.807, 2.05) is 36.7 Å². The predicted octanol–water partition coefficient (Wildman–Crippen LogP) is 3.52. The molecule has 0 saturated heterocycles. The summed E-state index contributed by atoms with van der Waals surface area (Å²) in [6, 6.07) is 3.92. The van der Waals surface area contributed by atoms with Crippen molar-refractivity contribution in [1.82, 2.24) is 19.9 Å². The molecule has 0 aliphatic heterocycles. The molecule has 4 rings (SSSR count). The molecule has 4 aromatic heterocycles. The number of hydrogen-bond acceptors (Lipinski definition) is 7. The molecule has 30 heavy (non-hydrogen) atoms. The van der Waals surface area contributed by atoms with E-state index in [9.17, 15) is 9.59 Å². The van der Waals surface area contributed by atoms with Gasteiger partial charge in [-0.15, -0.1) is 22.7 Å². The first-order valence-corrected chi connectivity index (χ1v) is 11.0. The summed E-state index contributed by atoms with van der Waals surface area (Å²) in [6.45, 7) is 3.98. The Hall–Kier alpha value is -3.04. The summed E-state index contributed by atoms with van der Waals surface area (Å²) in [6.07, 6.45) is 3.15. The van der Waals surface area contributed by atoms with Gasteiger partial charge in [-0.2, -0.15) is 0 Å². The fourth-order valence-electron chi connectivity index (χ4n) is 3.34. The first-order valence-electron chi connectivity index (χ1n) is 9.26. The summed E-state index contributed by atoms with van der Waals surface area (Å²) < 4.78 is 6.75. The number of carbonyl (C=O) groups is 1. The number of pyridine rings is 1. The molecule has 1 amide bonds. The smallest absolute Gasteiger partial charge is 0.263 e. The van der Waals surface area contributed by atoms with E-state index in [2.05, 4.69) is 15.3 Å². The Morgan fingerprint density at radius 2 is 2.10 bits per heavy atom. The monoisotopic (exact) mass is 440 g/mol.